The molecular formula is C27H31NO7. The molecular weight excluding hydrogens is 450 g/mol. The molecule has 0 spiro atoms. The molecule has 4 rings (SSSR count). The van der Waals surface area contributed by atoms with Crippen LogP contribution < -0.4 is 14.2 Å². The number of unbranched alkanes of at least 4 members (excludes halogenated alkanes) is 2. The molecule has 1 amide bonds. The molecule has 35 heavy (non-hydrogen) atoms. The number of rotatable bonds is 10. The summed E-state index contributed by atoms with van der Waals surface area (Å²) in [4.78, 5) is 27.5. The zero-order chi connectivity index (χ0) is 24.8. The summed E-state index contributed by atoms with van der Waals surface area (Å²) in [7, 11) is 1.53. The number of Topliss-reactive ketones (excluding diaryl/α,β-unsaturated/α-hetero) is 1. The van der Waals surface area contributed by atoms with Crippen molar-refractivity contribution in [2.24, 2.45) is 0 Å². The number of nitrogens with zero attached hydrogens (tertiary/aromatic N) is 1. The molecule has 1 saturated heterocycles. The molecule has 0 bridgehead atoms. The fourth-order valence-electron chi connectivity index (χ4n) is 4.28. The predicted octanol–water partition coefficient (Wildman–Crippen LogP) is 4.09. The molecule has 1 atom stereocenters. The molecule has 1 fully saturated rings. The van der Waals surface area contributed by atoms with Gasteiger partial charge in [0.2, 0.25) is 0 Å². The van der Waals surface area contributed by atoms with E-state index >= 15 is 0 Å². The van der Waals surface area contributed by atoms with E-state index in [1.54, 1.807) is 42.5 Å². The van der Waals surface area contributed by atoms with Crippen LogP contribution in [-0.2, 0) is 14.3 Å². The highest BCUT2D eigenvalue weighted by molar-refractivity contribution is 6.46. The summed E-state index contributed by atoms with van der Waals surface area (Å²) in [6, 6.07) is 11.4. The summed E-state index contributed by atoms with van der Waals surface area (Å²) in [6.45, 7) is 4.06. The number of fused-ring (bicyclic) bond motifs is 1. The van der Waals surface area contributed by atoms with Crippen LogP contribution in [0.25, 0.3) is 5.76 Å². The second-order valence-corrected chi connectivity index (χ2v) is 8.47. The van der Waals surface area contributed by atoms with Crippen molar-refractivity contribution < 1.29 is 33.6 Å². The van der Waals surface area contributed by atoms with Gasteiger partial charge in [-0.1, -0.05) is 25.8 Å². The molecule has 0 radical (unpaired) electrons. The first kappa shape index (κ1) is 24.6. The maximum absolute atomic E-state index is 13.1. The average Bonchev–Trinajstić information content (AvgIpc) is 3.14. The summed E-state index contributed by atoms with van der Waals surface area (Å²) in [5.41, 5.74) is 1.10. The summed E-state index contributed by atoms with van der Waals surface area (Å²) in [6.07, 6.45) is 3.18. The molecule has 2 aliphatic heterocycles. The fraction of sp³-hybridized carbons (Fsp3) is 0.407. The molecule has 2 aromatic rings. The van der Waals surface area contributed by atoms with Gasteiger partial charge < -0.3 is 29.0 Å². The molecule has 2 heterocycles. The van der Waals surface area contributed by atoms with Gasteiger partial charge in [0.15, 0.2) is 11.5 Å². The number of hydrogen-bond donors (Lipinski definition) is 1. The van der Waals surface area contributed by atoms with Crippen LogP contribution in [0.15, 0.2) is 48.0 Å². The van der Waals surface area contributed by atoms with E-state index in [1.807, 2.05) is 0 Å². The van der Waals surface area contributed by atoms with Gasteiger partial charge in [0, 0.05) is 19.2 Å². The van der Waals surface area contributed by atoms with Crippen LogP contribution >= 0.6 is 0 Å². The van der Waals surface area contributed by atoms with E-state index in [9.17, 15) is 14.7 Å². The molecule has 8 heteroatoms. The molecule has 1 unspecified atom stereocenters. The Hall–Kier alpha value is -3.52. The molecule has 2 aromatic carbocycles. The Bertz CT molecular complexity index is 1090. The van der Waals surface area contributed by atoms with Gasteiger partial charge in [0.25, 0.3) is 11.7 Å². The maximum atomic E-state index is 13.1. The first-order chi connectivity index (χ1) is 17.0. The van der Waals surface area contributed by atoms with Crippen LogP contribution in [0, 0.1) is 0 Å². The van der Waals surface area contributed by atoms with Gasteiger partial charge in [-0.2, -0.15) is 0 Å². The number of carbonyl (C=O) groups excluding carboxylic acids is 2. The summed E-state index contributed by atoms with van der Waals surface area (Å²) >= 11 is 0. The van der Waals surface area contributed by atoms with Crippen molar-refractivity contribution in [1.82, 2.24) is 4.90 Å². The van der Waals surface area contributed by atoms with E-state index in [2.05, 4.69) is 6.92 Å². The first-order valence-corrected chi connectivity index (χ1v) is 11.9. The van der Waals surface area contributed by atoms with Crippen LogP contribution in [-0.4, -0.2) is 61.8 Å². The quantitative estimate of drug-likeness (QED) is 0.236. The minimum Gasteiger partial charge on any atom is -0.507 e. The Balaban J connectivity index is 1.69. The highest BCUT2D eigenvalue weighted by Gasteiger charge is 2.46. The van der Waals surface area contributed by atoms with Crippen LogP contribution in [0.4, 0.5) is 0 Å². The van der Waals surface area contributed by atoms with Crippen LogP contribution in [0.3, 0.4) is 0 Å². The normalized spacial score (nSPS) is 18.7. The van der Waals surface area contributed by atoms with Crippen molar-refractivity contribution in [3.05, 3.63) is 59.2 Å². The Kier molecular flexibility index (Phi) is 7.92. The largest absolute Gasteiger partial charge is 0.507 e. The Morgan fingerprint density at radius 2 is 1.77 bits per heavy atom. The van der Waals surface area contributed by atoms with Gasteiger partial charge in [-0.25, -0.2) is 0 Å². The van der Waals surface area contributed by atoms with E-state index < -0.39 is 17.7 Å². The Morgan fingerprint density at radius 3 is 2.49 bits per heavy atom. The van der Waals surface area contributed by atoms with Crippen molar-refractivity contribution in [1.29, 1.82) is 0 Å². The van der Waals surface area contributed by atoms with Gasteiger partial charge in [0.1, 0.15) is 24.7 Å². The van der Waals surface area contributed by atoms with E-state index in [0.29, 0.717) is 48.2 Å². The standard InChI is InChI=1S/C27H31NO7/c1-3-4-5-13-33-20-9-6-18(7-10-20)25(29)23-24(28(12-14-32-2)27(31)26(23)30)19-8-11-21-22(17-19)35-16-15-34-21/h6-11,17,24,29H,3-5,12-16H2,1-2H3/b25-23-. The second-order valence-electron chi connectivity index (χ2n) is 8.47. The Labute approximate surface area is 205 Å². The monoisotopic (exact) mass is 481 g/mol. The van der Waals surface area contributed by atoms with Gasteiger partial charge in [0.05, 0.1) is 24.8 Å². The predicted molar refractivity (Wildman–Crippen MR) is 130 cm³/mol. The number of likely N-dealkylation sites (tertiary alicyclic amines) is 1. The first-order valence-electron chi connectivity index (χ1n) is 11.9. The van der Waals surface area contributed by atoms with Crippen molar-refractivity contribution >= 4 is 17.4 Å². The number of ether oxygens (including phenoxy) is 4. The smallest absolute Gasteiger partial charge is 0.295 e. The molecule has 0 saturated carbocycles. The second kappa shape index (κ2) is 11.3. The minimum atomic E-state index is -0.786. The minimum absolute atomic E-state index is 0.0272. The van der Waals surface area contributed by atoms with E-state index in [1.165, 1.54) is 12.0 Å². The SMILES string of the molecule is CCCCCOc1ccc(/C(O)=C2/C(=O)C(=O)N(CCOC)C2c2ccc3c(c2)OCCO3)cc1. The number of amides is 1. The number of carbonyl (C=O) groups is 2. The lowest BCUT2D eigenvalue weighted by Gasteiger charge is -2.26. The number of aliphatic hydroxyl groups excluding tert-OH is 1. The molecule has 0 aliphatic carbocycles. The number of benzene rings is 2. The lowest BCUT2D eigenvalue weighted by Crippen LogP contribution is -2.32. The third-order valence-electron chi connectivity index (χ3n) is 6.10. The van der Waals surface area contributed by atoms with Gasteiger partial charge >= 0.3 is 0 Å². The van der Waals surface area contributed by atoms with Gasteiger partial charge in [-0.3, -0.25) is 9.59 Å². The highest BCUT2D eigenvalue weighted by atomic mass is 16.6. The van der Waals surface area contributed by atoms with E-state index in [-0.39, 0.29) is 24.5 Å². The number of methoxy groups -OCH3 is 1. The van der Waals surface area contributed by atoms with Crippen molar-refractivity contribution in [2.45, 2.75) is 32.2 Å². The molecule has 8 nitrogen and oxygen atoms in total. The Morgan fingerprint density at radius 1 is 1.03 bits per heavy atom. The van der Waals surface area contributed by atoms with Crippen LogP contribution in [0.1, 0.15) is 43.4 Å². The molecule has 186 valence electrons. The fourth-order valence-corrected chi connectivity index (χ4v) is 4.28. The average molecular weight is 482 g/mol. The van der Waals surface area contributed by atoms with E-state index in [4.69, 9.17) is 18.9 Å². The number of ketones is 1. The third kappa shape index (κ3) is 5.27. The summed E-state index contributed by atoms with van der Waals surface area (Å²) in [5, 5.41) is 11.2. The zero-order valence-electron chi connectivity index (χ0n) is 20.1. The van der Waals surface area contributed by atoms with Crippen molar-refractivity contribution in [3.63, 3.8) is 0 Å². The summed E-state index contributed by atoms with van der Waals surface area (Å²) < 4.78 is 22.2. The zero-order valence-corrected chi connectivity index (χ0v) is 20.1. The van der Waals surface area contributed by atoms with Crippen molar-refractivity contribution in [3.8, 4) is 17.2 Å². The maximum Gasteiger partial charge on any atom is 0.295 e. The van der Waals surface area contributed by atoms with Gasteiger partial charge in [-0.05, 0) is 48.4 Å². The third-order valence-corrected chi connectivity index (χ3v) is 6.10. The molecule has 1 N–H and O–H groups in total. The van der Waals surface area contributed by atoms with Gasteiger partial charge in [-0.15, -0.1) is 0 Å². The lowest BCUT2D eigenvalue weighted by atomic mass is 9.95. The molecule has 0 aromatic heterocycles. The number of hydrogen-bond acceptors (Lipinski definition) is 7. The van der Waals surface area contributed by atoms with Crippen LogP contribution in [0.2, 0.25) is 0 Å². The van der Waals surface area contributed by atoms with E-state index in [0.717, 1.165) is 19.3 Å². The van der Waals surface area contributed by atoms with Crippen molar-refractivity contribution in [2.75, 3.05) is 40.1 Å². The topological polar surface area (TPSA) is 94.5 Å². The summed E-state index contributed by atoms with van der Waals surface area (Å²) in [5.74, 6) is 0.166. The lowest BCUT2D eigenvalue weighted by molar-refractivity contribution is -0.140. The molecule has 2 aliphatic rings. The van der Waals surface area contributed by atoms with Crippen LogP contribution in [0.5, 0.6) is 17.2 Å². The number of aliphatic hydroxyl groups is 1. The highest BCUT2D eigenvalue weighted by Crippen LogP contribution is 2.42.